The average molecular weight is 248 g/mol. The lowest BCUT2D eigenvalue weighted by Gasteiger charge is -2.19. The smallest absolute Gasteiger partial charge is 0.255 e. The molecule has 2 atom stereocenters. The molecule has 94 valence electrons. The van der Waals surface area contributed by atoms with Crippen molar-refractivity contribution >= 4 is 5.91 Å². The van der Waals surface area contributed by atoms with Crippen LogP contribution in [0.5, 0.6) is 0 Å². The molecule has 1 aromatic heterocycles. The summed E-state index contributed by atoms with van der Waals surface area (Å²) in [6.45, 7) is 0.641. The quantitative estimate of drug-likeness (QED) is 0.816. The summed E-state index contributed by atoms with van der Waals surface area (Å²) < 4.78 is 18.8. The number of amides is 1. The molecule has 5 heteroatoms. The zero-order valence-corrected chi connectivity index (χ0v) is 9.73. The Bertz CT molecular complexity index is 478. The van der Waals surface area contributed by atoms with Crippen molar-refractivity contribution in [3.05, 3.63) is 29.8 Å². The molecule has 1 aromatic rings. The van der Waals surface area contributed by atoms with E-state index < -0.39 is 17.8 Å². The van der Waals surface area contributed by atoms with Crippen molar-refractivity contribution in [1.82, 2.24) is 10.3 Å². The van der Waals surface area contributed by atoms with Crippen LogP contribution in [0.2, 0.25) is 0 Å². The molecular weight excluding hydrogens is 235 g/mol. The highest BCUT2D eigenvalue weighted by molar-refractivity contribution is 5.94. The van der Waals surface area contributed by atoms with Crippen molar-refractivity contribution in [2.24, 2.45) is 0 Å². The number of rotatable bonds is 3. The third kappa shape index (κ3) is 2.66. The fourth-order valence-electron chi connectivity index (χ4n) is 1.89. The van der Waals surface area contributed by atoms with Gasteiger partial charge < -0.3 is 10.1 Å². The van der Waals surface area contributed by atoms with Gasteiger partial charge in [-0.25, -0.2) is 4.39 Å². The van der Waals surface area contributed by atoms with E-state index in [0.717, 1.165) is 19.0 Å². The molecule has 0 radical (unpaired) electrons. The Morgan fingerprint density at radius 2 is 2.56 bits per heavy atom. The maximum atomic E-state index is 13.4. The molecule has 0 unspecified atom stereocenters. The number of hydrogen-bond donors (Lipinski definition) is 1. The second-order valence-corrected chi connectivity index (χ2v) is 4.02. The van der Waals surface area contributed by atoms with Crippen LogP contribution in [-0.2, 0) is 4.74 Å². The van der Waals surface area contributed by atoms with Gasteiger partial charge in [-0.2, -0.15) is 0 Å². The van der Waals surface area contributed by atoms with E-state index in [2.05, 4.69) is 16.2 Å². The first-order valence-electron chi connectivity index (χ1n) is 5.70. The molecular formula is C13H13FN2O2. The predicted molar refractivity (Wildman–Crippen MR) is 63.3 cm³/mol. The molecule has 0 saturated carbocycles. The Hall–Kier alpha value is -1.93. The largest absolute Gasteiger partial charge is 0.375 e. The Morgan fingerprint density at radius 3 is 3.17 bits per heavy atom. The summed E-state index contributed by atoms with van der Waals surface area (Å²) in [5.41, 5.74) is -0.0664. The van der Waals surface area contributed by atoms with E-state index in [1.54, 1.807) is 0 Å². The van der Waals surface area contributed by atoms with Crippen molar-refractivity contribution in [3.8, 4) is 12.3 Å². The zero-order valence-electron chi connectivity index (χ0n) is 9.73. The minimum atomic E-state index is -0.668. The number of carbonyl (C=O) groups is 1. The molecule has 1 N–H and O–H groups in total. The summed E-state index contributed by atoms with van der Waals surface area (Å²) in [5.74, 6) is 1.25. The third-order valence-corrected chi connectivity index (χ3v) is 2.82. The number of hydrogen-bond acceptors (Lipinski definition) is 3. The first-order chi connectivity index (χ1) is 8.72. The van der Waals surface area contributed by atoms with Gasteiger partial charge in [-0.1, -0.05) is 5.92 Å². The van der Waals surface area contributed by atoms with E-state index in [1.807, 2.05) is 0 Å². The summed E-state index contributed by atoms with van der Waals surface area (Å²) in [6, 6.07) is 0.779. The summed E-state index contributed by atoms with van der Waals surface area (Å²) in [6.07, 6.45) is 9.24. The van der Waals surface area contributed by atoms with Gasteiger partial charge in [0.1, 0.15) is 6.04 Å². The van der Waals surface area contributed by atoms with Crippen LogP contribution < -0.4 is 5.32 Å². The van der Waals surface area contributed by atoms with Crippen LogP contribution in [-0.4, -0.2) is 29.6 Å². The maximum absolute atomic E-state index is 13.4. The number of aromatic nitrogens is 1. The molecule has 4 nitrogen and oxygen atoms in total. The van der Waals surface area contributed by atoms with Gasteiger partial charge >= 0.3 is 0 Å². The Balaban J connectivity index is 2.06. The van der Waals surface area contributed by atoms with Crippen molar-refractivity contribution in [2.75, 3.05) is 6.61 Å². The number of carbonyl (C=O) groups excluding carboxylic acids is 1. The van der Waals surface area contributed by atoms with Gasteiger partial charge in [0.25, 0.3) is 5.91 Å². The van der Waals surface area contributed by atoms with Crippen LogP contribution in [0.15, 0.2) is 18.5 Å². The van der Waals surface area contributed by atoms with Crippen LogP contribution >= 0.6 is 0 Å². The molecule has 1 aliphatic rings. The molecule has 2 heterocycles. The van der Waals surface area contributed by atoms with Crippen molar-refractivity contribution in [3.63, 3.8) is 0 Å². The zero-order chi connectivity index (χ0) is 13.0. The van der Waals surface area contributed by atoms with Gasteiger partial charge in [0.15, 0.2) is 5.82 Å². The van der Waals surface area contributed by atoms with Crippen molar-refractivity contribution in [1.29, 1.82) is 0 Å². The van der Waals surface area contributed by atoms with Gasteiger partial charge in [-0.3, -0.25) is 9.78 Å². The second-order valence-electron chi connectivity index (χ2n) is 4.02. The first kappa shape index (κ1) is 12.5. The molecule has 1 amide bonds. The Kier molecular flexibility index (Phi) is 3.90. The Labute approximate surface area is 105 Å². The van der Waals surface area contributed by atoms with Crippen LogP contribution in [0.3, 0.4) is 0 Å². The molecule has 0 aliphatic carbocycles. The van der Waals surface area contributed by atoms with E-state index in [9.17, 15) is 9.18 Å². The van der Waals surface area contributed by atoms with Gasteiger partial charge in [0, 0.05) is 12.8 Å². The van der Waals surface area contributed by atoms with Gasteiger partial charge in [0.05, 0.1) is 17.9 Å². The van der Waals surface area contributed by atoms with Crippen LogP contribution in [0.25, 0.3) is 0 Å². The van der Waals surface area contributed by atoms with E-state index in [0.29, 0.717) is 6.61 Å². The number of halogens is 1. The molecule has 0 bridgehead atoms. The fraction of sp³-hybridized carbons (Fsp3) is 0.385. The second kappa shape index (κ2) is 5.61. The molecule has 0 aromatic carbocycles. The maximum Gasteiger partial charge on any atom is 0.255 e. The number of terminal acetylenes is 1. The summed E-state index contributed by atoms with van der Waals surface area (Å²) in [4.78, 5) is 15.4. The highest BCUT2D eigenvalue weighted by atomic mass is 19.1. The molecule has 2 rings (SSSR count). The molecule has 18 heavy (non-hydrogen) atoms. The number of nitrogens with zero attached hydrogens (tertiary/aromatic N) is 1. The minimum Gasteiger partial charge on any atom is -0.375 e. The van der Waals surface area contributed by atoms with Crippen molar-refractivity contribution < 1.29 is 13.9 Å². The number of nitrogens with one attached hydrogen (secondary N) is 1. The Morgan fingerprint density at radius 1 is 1.72 bits per heavy atom. The summed E-state index contributed by atoms with van der Waals surface area (Å²) in [5, 5.41) is 2.60. The van der Waals surface area contributed by atoms with E-state index in [1.165, 1.54) is 12.3 Å². The topological polar surface area (TPSA) is 51.2 Å². The highest BCUT2D eigenvalue weighted by Crippen LogP contribution is 2.16. The molecule has 1 fully saturated rings. The minimum absolute atomic E-state index is 0.0664. The van der Waals surface area contributed by atoms with E-state index >= 15 is 0 Å². The summed E-state index contributed by atoms with van der Waals surface area (Å²) in [7, 11) is 0. The fourth-order valence-corrected chi connectivity index (χ4v) is 1.89. The third-order valence-electron chi connectivity index (χ3n) is 2.82. The first-order valence-corrected chi connectivity index (χ1v) is 5.70. The van der Waals surface area contributed by atoms with E-state index in [4.69, 9.17) is 11.2 Å². The van der Waals surface area contributed by atoms with Gasteiger partial charge in [-0.05, 0) is 18.9 Å². The average Bonchev–Trinajstić information content (AvgIpc) is 2.90. The highest BCUT2D eigenvalue weighted by Gasteiger charge is 2.26. The number of pyridine rings is 1. The van der Waals surface area contributed by atoms with E-state index in [-0.39, 0.29) is 11.7 Å². The lowest BCUT2D eigenvalue weighted by atomic mass is 10.1. The van der Waals surface area contributed by atoms with Gasteiger partial charge in [-0.15, -0.1) is 6.42 Å². The van der Waals surface area contributed by atoms with Crippen molar-refractivity contribution in [2.45, 2.75) is 25.0 Å². The summed E-state index contributed by atoms with van der Waals surface area (Å²) >= 11 is 0. The van der Waals surface area contributed by atoms with Gasteiger partial charge in [0.2, 0.25) is 0 Å². The predicted octanol–water partition coefficient (Wildman–Crippen LogP) is 1.13. The normalized spacial score (nSPS) is 20.1. The SMILES string of the molecule is C#C[C@H](NC(=O)c1ccncc1F)[C@H]1CCCO1. The molecule has 1 saturated heterocycles. The lowest BCUT2D eigenvalue weighted by molar-refractivity contribution is 0.0773. The number of ether oxygens (including phenoxy) is 1. The lowest BCUT2D eigenvalue weighted by Crippen LogP contribution is -2.42. The molecule has 1 aliphatic heterocycles. The molecule has 0 spiro atoms. The standard InChI is InChI=1S/C13H13FN2O2/c1-2-11(12-4-3-7-18-12)16-13(17)9-5-6-15-8-10(9)14/h1,5-6,8,11-12H,3-4,7H2,(H,16,17)/t11-,12+/m0/s1. The monoisotopic (exact) mass is 248 g/mol. The van der Waals surface area contributed by atoms with Crippen LogP contribution in [0, 0.1) is 18.2 Å². The van der Waals surface area contributed by atoms with Crippen LogP contribution in [0.1, 0.15) is 23.2 Å². The van der Waals surface area contributed by atoms with Crippen LogP contribution in [0.4, 0.5) is 4.39 Å².